The van der Waals surface area contributed by atoms with E-state index in [1.165, 1.54) is 0 Å². The van der Waals surface area contributed by atoms with Gasteiger partial charge in [0.2, 0.25) is 17.4 Å². The van der Waals surface area contributed by atoms with Gasteiger partial charge in [-0.15, -0.1) is 0 Å². The predicted molar refractivity (Wildman–Crippen MR) is 148 cm³/mol. The molecule has 0 spiro atoms. The second-order valence-corrected chi connectivity index (χ2v) is 10.6. The van der Waals surface area contributed by atoms with E-state index >= 15 is 8.78 Å². The van der Waals surface area contributed by atoms with E-state index in [0.717, 1.165) is 43.3 Å². The van der Waals surface area contributed by atoms with Crippen molar-refractivity contribution in [2.75, 3.05) is 6.54 Å². The Balaban J connectivity index is 1.44. The Hall–Kier alpha value is -4.48. The Morgan fingerprint density at radius 3 is 2.69 bits per heavy atom. The number of carbonyl (C=O) groups is 1. The zero-order valence-electron chi connectivity index (χ0n) is 24.7. The van der Waals surface area contributed by atoms with Gasteiger partial charge in [0.25, 0.3) is 0 Å². The van der Waals surface area contributed by atoms with E-state index in [-0.39, 0.29) is 40.0 Å². The molecule has 1 saturated heterocycles. The number of hydrogen-bond acceptors (Lipinski definition) is 7. The number of nitrogens with one attached hydrogen (secondary N) is 1. The number of amides is 1. The number of nitrogens with two attached hydrogens (primary N) is 1. The quantitative estimate of drug-likeness (QED) is 0.302. The average molecular weight is 596 g/mol. The number of primary amides is 1. The molecule has 4 aromatic rings. The fourth-order valence-electron chi connectivity index (χ4n) is 6.05. The van der Waals surface area contributed by atoms with Crippen molar-refractivity contribution in [1.82, 2.24) is 15.1 Å². The number of fused-ring (bicyclic) bond motifs is 3. The van der Waals surface area contributed by atoms with Crippen molar-refractivity contribution in [3.8, 4) is 39.9 Å². The Morgan fingerprint density at radius 2 is 1.98 bits per heavy atom. The molecule has 1 aromatic heterocycles. The van der Waals surface area contributed by atoms with Crippen LogP contribution in [-0.4, -0.2) is 28.3 Å². The van der Waals surface area contributed by atoms with E-state index in [2.05, 4.69) is 10.4 Å². The molecule has 3 aliphatic heterocycles. The summed E-state index contributed by atoms with van der Waals surface area (Å²) in [7, 11) is 0. The first-order valence-electron chi connectivity index (χ1n) is 14.5. The summed E-state index contributed by atoms with van der Waals surface area (Å²) in [5.74, 6) is -5.14. The van der Waals surface area contributed by atoms with Crippen LogP contribution in [0.25, 0.3) is 11.1 Å². The molecule has 3 aliphatic rings. The van der Waals surface area contributed by atoms with Crippen molar-refractivity contribution in [2.24, 2.45) is 12.7 Å². The lowest BCUT2D eigenvalue weighted by molar-refractivity contribution is 0.0539. The zero-order valence-corrected chi connectivity index (χ0v) is 22.4. The van der Waals surface area contributed by atoms with Gasteiger partial charge in [-0.05, 0) is 31.0 Å². The molecule has 7 rings (SSSR count). The molecular formula is C30H23ClF2N4O5. The standard InChI is InChI=1S/C30H23ClF2N4O5/c1-37-29(39)27-20(13-36-37)40-19-10-15(28(34)38)23(25(33)26(19)41-27)22-16-12-30(21-8-5-9-35-21,14-6-3-2-4-7-14)42-18(16)11-17(32)24(22)31/h2-4,6-7,10-11,13,21,35H,5,8-9,12H2,1H3,(H2,34,38)/t21-,30-/m0/s1/i1D3. The first-order chi connectivity index (χ1) is 21.4. The third-order valence-corrected chi connectivity index (χ3v) is 8.30. The average Bonchev–Trinajstić information content (AvgIpc) is 3.67. The minimum absolute atomic E-state index is 0.103. The summed E-state index contributed by atoms with van der Waals surface area (Å²) < 4.78 is 72.9. The van der Waals surface area contributed by atoms with Crippen LogP contribution in [0.4, 0.5) is 8.78 Å². The predicted octanol–water partition coefficient (Wildman–Crippen LogP) is 4.96. The van der Waals surface area contributed by atoms with Gasteiger partial charge in [-0.2, -0.15) is 5.10 Å². The van der Waals surface area contributed by atoms with E-state index < -0.39 is 63.3 Å². The van der Waals surface area contributed by atoms with Crippen molar-refractivity contribution in [1.29, 1.82) is 0 Å². The number of aromatic nitrogens is 2. The fraction of sp³-hybridized carbons (Fsp3) is 0.233. The topological polar surface area (TPSA) is 118 Å². The first kappa shape index (κ1) is 23.1. The molecule has 0 bridgehead atoms. The Labute approximate surface area is 247 Å². The highest BCUT2D eigenvalue weighted by molar-refractivity contribution is 6.34. The number of rotatable bonds is 4. The molecule has 0 radical (unpaired) electrons. The number of ether oxygens (including phenoxy) is 3. The molecule has 3 aromatic carbocycles. The second kappa shape index (κ2) is 9.53. The minimum Gasteiger partial charge on any atom is -0.480 e. The van der Waals surface area contributed by atoms with Gasteiger partial charge in [0, 0.05) is 40.3 Å². The lowest BCUT2D eigenvalue weighted by atomic mass is 9.80. The van der Waals surface area contributed by atoms with Crippen molar-refractivity contribution in [2.45, 2.75) is 30.9 Å². The zero-order chi connectivity index (χ0) is 31.8. The van der Waals surface area contributed by atoms with Crippen LogP contribution in [0.15, 0.2) is 53.5 Å². The van der Waals surface area contributed by atoms with E-state index in [4.69, 9.17) is 35.7 Å². The summed E-state index contributed by atoms with van der Waals surface area (Å²) in [6, 6.07) is 11.4. The first-order valence-corrected chi connectivity index (χ1v) is 13.4. The maximum atomic E-state index is 16.7. The van der Waals surface area contributed by atoms with Crippen LogP contribution in [-0.2, 0) is 19.0 Å². The van der Waals surface area contributed by atoms with Gasteiger partial charge in [0.05, 0.1) is 22.8 Å². The Kier molecular flexibility index (Phi) is 5.25. The normalized spacial score (nSPS) is 21.5. The lowest BCUT2D eigenvalue weighted by Gasteiger charge is -2.35. The van der Waals surface area contributed by atoms with Crippen molar-refractivity contribution >= 4 is 17.5 Å². The van der Waals surface area contributed by atoms with Gasteiger partial charge in [0.1, 0.15) is 11.6 Å². The fourth-order valence-corrected chi connectivity index (χ4v) is 6.31. The van der Waals surface area contributed by atoms with Gasteiger partial charge < -0.3 is 25.3 Å². The number of halogens is 3. The molecule has 0 unspecified atom stereocenters. The van der Waals surface area contributed by atoms with Crippen LogP contribution in [0.1, 0.15) is 38.4 Å². The maximum absolute atomic E-state index is 16.7. The molecular weight excluding hydrogens is 570 g/mol. The molecule has 1 fully saturated rings. The van der Waals surface area contributed by atoms with Crippen LogP contribution < -0.4 is 30.8 Å². The molecule has 42 heavy (non-hydrogen) atoms. The SMILES string of the molecule is [2H]C([2H])([2H])n1ncc2c(c1=O)Oc1c(cc(C(N)=O)c(-c3c(Cl)c(F)cc4c3C[C@](c3ccccc3)([C@@H]3CCCN3)O4)c1F)O2. The minimum atomic E-state index is -2.97. The summed E-state index contributed by atoms with van der Waals surface area (Å²) in [6.07, 6.45) is 2.67. The van der Waals surface area contributed by atoms with Crippen molar-refractivity contribution in [3.05, 3.63) is 92.4 Å². The number of nitrogens with zero attached hydrogens (tertiary/aromatic N) is 2. The van der Waals surface area contributed by atoms with E-state index in [9.17, 15) is 9.59 Å². The van der Waals surface area contributed by atoms with Crippen LogP contribution in [0.3, 0.4) is 0 Å². The maximum Gasteiger partial charge on any atom is 0.313 e. The molecule has 1 amide bonds. The summed E-state index contributed by atoms with van der Waals surface area (Å²) >= 11 is 6.56. The molecule has 4 heterocycles. The van der Waals surface area contributed by atoms with E-state index in [1.807, 2.05) is 30.3 Å². The summed E-state index contributed by atoms with van der Waals surface area (Å²) in [6.45, 7) is -2.23. The molecule has 0 saturated carbocycles. The molecule has 12 heteroatoms. The molecule has 9 nitrogen and oxygen atoms in total. The number of carbonyl (C=O) groups excluding carboxylic acids is 1. The monoisotopic (exact) mass is 595 g/mol. The third-order valence-electron chi connectivity index (χ3n) is 7.93. The summed E-state index contributed by atoms with van der Waals surface area (Å²) in [5, 5.41) is 6.55. The van der Waals surface area contributed by atoms with Crippen LogP contribution >= 0.6 is 11.6 Å². The lowest BCUT2D eigenvalue weighted by Crippen LogP contribution is -2.48. The van der Waals surface area contributed by atoms with Crippen LogP contribution in [0.5, 0.6) is 28.7 Å². The van der Waals surface area contributed by atoms with E-state index in [1.54, 1.807) is 0 Å². The van der Waals surface area contributed by atoms with Crippen molar-refractivity contribution < 1.29 is 31.9 Å². The largest absolute Gasteiger partial charge is 0.480 e. The molecule has 3 N–H and O–H groups in total. The highest BCUT2D eigenvalue weighted by Crippen LogP contribution is 2.54. The molecule has 0 aliphatic carbocycles. The van der Waals surface area contributed by atoms with E-state index in [0.29, 0.717) is 5.56 Å². The van der Waals surface area contributed by atoms with Gasteiger partial charge in [-0.25, -0.2) is 13.5 Å². The number of benzene rings is 3. The van der Waals surface area contributed by atoms with Gasteiger partial charge in [-0.3, -0.25) is 9.59 Å². The number of hydrogen-bond donors (Lipinski definition) is 2. The van der Waals surface area contributed by atoms with Crippen LogP contribution in [0, 0.1) is 11.6 Å². The Bertz CT molecular complexity index is 1970. The molecule has 214 valence electrons. The summed E-state index contributed by atoms with van der Waals surface area (Å²) in [4.78, 5) is 25.7. The number of aryl methyl sites for hydroxylation is 1. The second-order valence-electron chi connectivity index (χ2n) is 10.3. The van der Waals surface area contributed by atoms with Crippen LogP contribution in [0.2, 0.25) is 5.02 Å². The van der Waals surface area contributed by atoms with Crippen molar-refractivity contribution in [3.63, 3.8) is 0 Å². The highest BCUT2D eigenvalue weighted by atomic mass is 35.5. The van der Waals surface area contributed by atoms with Gasteiger partial charge in [0.15, 0.2) is 22.9 Å². The summed E-state index contributed by atoms with van der Waals surface area (Å²) in [5.41, 5.74) is 3.52. The smallest absolute Gasteiger partial charge is 0.313 e. The molecule has 2 atom stereocenters. The van der Waals surface area contributed by atoms with Gasteiger partial charge in [-0.1, -0.05) is 41.9 Å². The Morgan fingerprint density at radius 1 is 1.17 bits per heavy atom. The third kappa shape index (κ3) is 3.80. The van der Waals surface area contributed by atoms with Gasteiger partial charge >= 0.3 is 5.56 Å². The highest BCUT2D eigenvalue weighted by Gasteiger charge is 2.50.